The van der Waals surface area contributed by atoms with E-state index in [0.717, 1.165) is 17.0 Å². The van der Waals surface area contributed by atoms with Gasteiger partial charge in [0.15, 0.2) is 0 Å². The van der Waals surface area contributed by atoms with Crippen LogP contribution in [0.25, 0.3) is 0 Å². The molecule has 1 aliphatic carbocycles. The number of phenols is 1. The van der Waals surface area contributed by atoms with E-state index < -0.39 is 0 Å². The quantitative estimate of drug-likeness (QED) is 0.757. The van der Waals surface area contributed by atoms with Gasteiger partial charge in [0.25, 0.3) is 0 Å². The third-order valence-electron chi connectivity index (χ3n) is 3.92. The molecule has 1 aliphatic rings. The van der Waals surface area contributed by atoms with Crippen LogP contribution in [0.15, 0.2) is 12.1 Å². The summed E-state index contributed by atoms with van der Waals surface area (Å²) in [7, 11) is 0. The highest BCUT2D eigenvalue weighted by Gasteiger charge is 2.18. The average Bonchev–Trinajstić information content (AvgIpc) is 2.29. The molecule has 0 heterocycles. The summed E-state index contributed by atoms with van der Waals surface area (Å²) in [4.78, 5) is 0. The van der Waals surface area contributed by atoms with E-state index in [2.05, 4.69) is 18.3 Å². The van der Waals surface area contributed by atoms with E-state index in [1.165, 1.54) is 31.4 Å². The summed E-state index contributed by atoms with van der Waals surface area (Å²) in [5, 5.41) is 13.3. The van der Waals surface area contributed by atoms with Crippen LogP contribution in [-0.4, -0.2) is 11.1 Å². The van der Waals surface area contributed by atoms with E-state index in [1.807, 2.05) is 19.9 Å². The van der Waals surface area contributed by atoms with Crippen molar-refractivity contribution in [2.45, 2.75) is 52.5 Å². The Balaban J connectivity index is 2.06. The van der Waals surface area contributed by atoms with E-state index in [9.17, 15) is 5.11 Å². The topological polar surface area (TPSA) is 32.3 Å². The van der Waals surface area contributed by atoms with Gasteiger partial charge in [-0.3, -0.25) is 0 Å². The smallest absolute Gasteiger partial charge is 0.118 e. The Morgan fingerprint density at radius 2 is 1.71 bits per heavy atom. The lowest BCUT2D eigenvalue weighted by molar-refractivity contribution is 0.361. The maximum absolute atomic E-state index is 9.64. The first-order valence-electron chi connectivity index (χ1n) is 6.63. The number of hydrogen-bond donors (Lipinski definition) is 2. The molecule has 2 N–H and O–H groups in total. The van der Waals surface area contributed by atoms with E-state index in [4.69, 9.17) is 0 Å². The average molecular weight is 233 g/mol. The molecule has 2 nitrogen and oxygen atoms in total. The Bertz CT molecular complexity index is 392. The number of phenolic OH excluding ortho intramolecular Hbond substituents is 1. The minimum atomic E-state index is 0.394. The van der Waals surface area contributed by atoms with Crippen molar-refractivity contribution in [3.63, 3.8) is 0 Å². The Hall–Kier alpha value is -1.18. The highest BCUT2D eigenvalue weighted by atomic mass is 16.3. The molecule has 0 bridgehead atoms. The maximum Gasteiger partial charge on any atom is 0.118 e. The zero-order valence-corrected chi connectivity index (χ0v) is 11.1. The first kappa shape index (κ1) is 12.3. The lowest BCUT2D eigenvalue weighted by Crippen LogP contribution is -2.25. The standard InChI is InChI=1S/C15H23NO/c1-10-4-6-13(7-5-10)16-14-8-12(3)15(17)9-11(14)2/h8-10,13,16-17H,4-7H2,1-3H3. The number of nitrogens with one attached hydrogen (secondary N) is 1. The molecule has 0 aromatic heterocycles. The summed E-state index contributed by atoms with van der Waals surface area (Å²) in [5.41, 5.74) is 3.26. The van der Waals surface area contributed by atoms with Crippen LogP contribution in [-0.2, 0) is 0 Å². The normalized spacial score (nSPS) is 24.6. The fraction of sp³-hybridized carbons (Fsp3) is 0.600. The highest BCUT2D eigenvalue weighted by molar-refractivity contribution is 5.57. The number of anilines is 1. The number of aromatic hydroxyl groups is 1. The second-order valence-electron chi connectivity index (χ2n) is 5.55. The fourth-order valence-corrected chi connectivity index (χ4v) is 2.58. The zero-order valence-electron chi connectivity index (χ0n) is 11.1. The monoisotopic (exact) mass is 233 g/mol. The minimum Gasteiger partial charge on any atom is -0.508 e. The Labute approximate surface area is 104 Å². The number of benzene rings is 1. The van der Waals surface area contributed by atoms with Crippen molar-refractivity contribution in [1.82, 2.24) is 0 Å². The lowest BCUT2D eigenvalue weighted by Gasteiger charge is -2.28. The van der Waals surface area contributed by atoms with Gasteiger partial charge >= 0.3 is 0 Å². The van der Waals surface area contributed by atoms with Crippen LogP contribution in [0.5, 0.6) is 5.75 Å². The Morgan fingerprint density at radius 3 is 2.35 bits per heavy atom. The van der Waals surface area contributed by atoms with Gasteiger partial charge in [-0.15, -0.1) is 0 Å². The van der Waals surface area contributed by atoms with Crippen molar-refractivity contribution in [2.75, 3.05) is 5.32 Å². The van der Waals surface area contributed by atoms with Crippen LogP contribution in [0, 0.1) is 19.8 Å². The number of hydrogen-bond acceptors (Lipinski definition) is 2. The molecule has 0 radical (unpaired) electrons. The molecular formula is C15H23NO. The van der Waals surface area contributed by atoms with Crippen molar-refractivity contribution < 1.29 is 5.11 Å². The van der Waals surface area contributed by atoms with Gasteiger partial charge in [-0.1, -0.05) is 6.92 Å². The van der Waals surface area contributed by atoms with E-state index in [-0.39, 0.29) is 0 Å². The Morgan fingerprint density at radius 1 is 1.06 bits per heavy atom. The van der Waals surface area contributed by atoms with E-state index in [1.54, 1.807) is 0 Å². The molecule has 0 aliphatic heterocycles. The molecule has 0 unspecified atom stereocenters. The summed E-state index contributed by atoms with van der Waals surface area (Å²) in [6.07, 6.45) is 5.18. The van der Waals surface area contributed by atoms with Crippen molar-refractivity contribution in [3.05, 3.63) is 23.3 Å². The molecule has 0 saturated heterocycles. The second kappa shape index (κ2) is 4.99. The van der Waals surface area contributed by atoms with Gasteiger partial charge in [-0.2, -0.15) is 0 Å². The molecular weight excluding hydrogens is 210 g/mol. The summed E-state index contributed by atoms with van der Waals surface area (Å²) in [6.45, 7) is 6.34. The summed E-state index contributed by atoms with van der Waals surface area (Å²) < 4.78 is 0. The van der Waals surface area contributed by atoms with E-state index in [0.29, 0.717) is 11.8 Å². The largest absolute Gasteiger partial charge is 0.508 e. The van der Waals surface area contributed by atoms with Gasteiger partial charge in [-0.05, 0) is 68.7 Å². The summed E-state index contributed by atoms with van der Waals surface area (Å²) >= 11 is 0. The molecule has 1 saturated carbocycles. The molecule has 0 atom stereocenters. The predicted octanol–water partition coefficient (Wildman–Crippen LogP) is 4.00. The first-order valence-corrected chi connectivity index (χ1v) is 6.63. The molecule has 1 aromatic carbocycles. The van der Waals surface area contributed by atoms with Gasteiger partial charge in [0, 0.05) is 11.7 Å². The van der Waals surface area contributed by atoms with E-state index >= 15 is 0 Å². The SMILES string of the molecule is Cc1cc(NC2CCC(C)CC2)c(C)cc1O. The molecule has 0 amide bonds. The third-order valence-corrected chi connectivity index (χ3v) is 3.92. The predicted molar refractivity (Wildman–Crippen MR) is 72.6 cm³/mol. The van der Waals surface area contributed by atoms with Gasteiger partial charge in [0.05, 0.1) is 0 Å². The summed E-state index contributed by atoms with van der Waals surface area (Å²) in [5.74, 6) is 1.28. The lowest BCUT2D eigenvalue weighted by atomic mass is 9.87. The zero-order chi connectivity index (χ0) is 12.4. The third kappa shape index (κ3) is 2.93. The van der Waals surface area contributed by atoms with Crippen LogP contribution < -0.4 is 5.32 Å². The van der Waals surface area contributed by atoms with Gasteiger partial charge in [-0.25, -0.2) is 0 Å². The number of aryl methyl sites for hydroxylation is 2. The molecule has 2 heteroatoms. The van der Waals surface area contributed by atoms with Crippen LogP contribution in [0.1, 0.15) is 43.7 Å². The van der Waals surface area contributed by atoms with Crippen molar-refractivity contribution in [3.8, 4) is 5.75 Å². The first-order chi connectivity index (χ1) is 8.06. The van der Waals surface area contributed by atoms with Crippen LogP contribution in [0.3, 0.4) is 0 Å². The number of rotatable bonds is 2. The van der Waals surface area contributed by atoms with Crippen LogP contribution >= 0.6 is 0 Å². The van der Waals surface area contributed by atoms with Gasteiger partial charge in [0.1, 0.15) is 5.75 Å². The van der Waals surface area contributed by atoms with Gasteiger partial charge < -0.3 is 10.4 Å². The fourth-order valence-electron chi connectivity index (χ4n) is 2.58. The van der Waals surface area contributed by atoms with Gasteiger partial charge in [0.2, 0.25) is 0 Å². The van der Waals surface area contributed by atoms with Crippen LogP contribution in [0.4, 0.5) is 5.69 Å². The molecule has 17 heavy (non-hydrogen) atoms. The molecule has 1 fully saturated rings. The molecule has 0 spiro atoms. The Kier molecular flexibility index (Phi) is 3.60. The summed E-state index contributed by atoms with van der Waals surface area (Å²) in [6, 6.07) is 4.51. The van der Waals surface area contributed by atoms with Crippen molar-refractivity contribution in [2.24, 2.45) is 5.92 Å². The second-order valence-corrected chi connectivity index (χ2v) is 5.55. The van der Waals surface area contributed by atoms with Crippen LogP contribution in [0.2, 0.25) is 0 Å². The molecule has 2 rings (SSSR count). The highest BCUT2D eigenvalue weighted by Crippen LogP contribution is 2.29. The van der Waals surface area contributed by atoms with Crippen molar-refractivity contribution in [1.29, 1.82) is 0 Å². The molecule has 94 valence electrons. The van der Waals surface area contributed by atoms with Crippen molar-refractivity contribution >= 4 is 5.69 Å². The molecule has 1 aromatic rings. The minimum absolute atomic E-state index is 0.394. The maximum atomic E-state index is 9.64.